The molecule has 0 aliphatic heterocycles. The van der Waals surface area contributed by atoms with Crippen LogP contribution >= 0.6 is 11.6 Å². The first kappa shape index (κ1) is 19.6. The highest BCUT2D eigenvalue weighted by Crippen LogP contribution is 2.35. The molecule has 0 aliphatic carbocycles. The number of carbonyl (C=O) groups excluding carboxylic acids is 1. The Morgan fingerprint density at radius 1 is 1.00 bits per heavy atom. The Morgan fingerprint density at radius 2 is 1.68 bits per heavy atom. The number of hydrogen-bond acceptors (Lipinski definition) is 5. The molecule has 0 spiro atoms. The standard InChI is InChI=1S/C20H20ClN3O4/c1-12-8-19(24(23-12)14-7-5-6-13(21)9-14)22-20(25)15-10-17(27-3)18(28-4)11-16(15)26-2/h5-11H,1-4H3,(H,22,25). The maximum atomic E-state index is 13.0. The van der Waals surface area contributed by atoms with Gasteiger partial charge in [0.15, 0.2) is 11.5 Å². The summed E-state index contributed by atoms with van der Waals surface area (Å²) in [4.78, 5) is 13.0. The van der Waals surface area contributed by atoms with Crippen LogP contribution in [0.4, 0.5) is 5.82 Å². The molecule has 3 rings (SSSR count). The average Bonchev–Trinajstić information content (AvgIpc) is 3.06. The van der Waals surface area contributed by atoms with Crippen LogP contribution in [-0.4, -0.2) is 37.0 Å². The minimum absolute atomic E-state index is 0.302. The molecule has 0 fully saturated rings. The zero-order chi connectivity index (χ0) is 20.3. The lowest BCUT2D eigenvalue weighted by Crippen LogP contribution is -2.16. The Kier molecular flexibility index (Phi) is 5.75. The van der Waals surface area contributed by atoms with E-state index in [-0.39, 0.29) is 5.91 Å². The maximum Gasteiger partial charge on any atom is 0.260 e. The summed E-state index contributed by atoms with van der Waals surface area (Å²) in [5.74, 6) is 1.38. The number of carbonyl (C=O) groups is 1. The lowest BCUT2D eigenvalue weighted by atomic mass is 10.1. The van der Waals surface area contributed by atoms with Crippen molar-refractivity contribution in [1.82, 2.24) is 9.78 Å². The number of aryl methyl sites for hydroxylation is 1. The molecule has 1 heterocycles. The summed E-state index contributed by atoms with van der Waals surface area (Å²) in [6.07, 6.45) is 0. The first-order valence-electron chi connectivity index (χ1n) is 8.40. The molecule has 0 saturated carbocycles. The third kappa shape index (κ3) is 3.89. The van der Waals surface area contributed by atoms with Gasteiger partial charge in [0.25, 0.3) is 5.91 Å². The first-order chi connectivity index (χ1) is 13.5. The molecule has 2 aromatic carbocycles. The fraction of sp³-hybridized carbons (Fsp3) is 0.200. The van der Waals surface area contributed by atoms with Crippen LogP contribution in [0.3, 0.4) is 0 Å². The first-order valence-corrected chi connectivity index (χ1v) is 8.78. The van der Waals surface area contributed by atoms with Gasteiger partial charge in [0.05, 0.1) is 38.3 Å². The SMILES string of the molecule is COc1cc(OC)c(C(=O)Nc2cc(C)nn2-c2cccc(Cl)c2)cc1OC. The molecule has 8 heteroatoms. The van der Waals surface area contributed by atoms with Crippen LogP contribution in [0.2, 0.25) is 5.02 Å². The second-order valence-corrected chi connectivity index (χ2v) is 6.36. The zero-order valence-corrected chi connectivity index (χ0v) is 16.7. The number of aromatic nitrogens is 2. The number of halogens is 1. The van der Waals surface area contributed by atoms with Crippen molar-refractivity contribution in [2.24, 2.45) is 0 Å². The number of benzene rings is 2. The van der Waals surface area contributed by atoms with Crippen LogP contribution in [0.5, 0.6) is 17.2 Å². The highest BCUT2D eigenvalue weighted by Gasteiger charge is 2.20. The highest BCUT2D eigenvalue weighted by atomic mass is 35.5. The predicted molar refractivity (Wildman–Crippen MR) is 107 cm³/mol. The van der Waals surface area contributed by atoms with Crippen molar-refractivity contribution in [2.45, 2.75) is 6.92 Å². The summed E-state index contributed by atoms with van der Waals surface area (Å²) in [7, 11) is 4.51. The van der Waals surface area contributed by atoms with E-state index >= 15 is 0 Å². The van der Waals surface area contributed by atoms with Crippen LogP contribution in [0.25, 0.3) is 5.69 Å². The van der Waals surface area contributed by atoms with Gasteiger partial charge in [-0.25, -0.2) is 4.68 Å². The normalized spacial score (nSPS) is 10.5. The van der Waals surface area contributed by atoms with Gasteiger partial charge < -0.3 is 19.5 Å². The van der Waals surface area contributed by atoms with Crippen molar-refractivity contribution in [2.75, 3.05) is 26.6 Å². The number of nitrogens with zero attached hydrogens (tertiary/aromatic N) is 2. The lowest BCUT2D eigenvalue weighted by Gasteiger charge is -2.14. The summed E-state index contributed by atoms with van der Waals surface area (Å²) in [5, 5.41) is 7.88. The number of amides is 1. The quantitative estimate of drug-likeness (QED) is 0.672. The third-order valence-electron chi connectivity index (χ3n) is 4.08. The van der Waals surface area contributed by atoms with Crippen LogP contribution in [0.15, 0.2) is 42.5 Å². The van der Waals surface area contributed by atoms with Crippen molar-refractivity contribution >= 4 is 23.3 Å². The van der Waals surface area contributed by atoms with Crippen molar-refractivity contribution in [1.29, 1.82) is 0 Å². The van der Waals surface area contributed by atoms with Crippen LogP contribution < -0.4 is 19.5 Å². The van der Waals surface area contributed by atoms with E-state index in [1.165, 1.54) is 21.3 Å². The van der Waals surface area contributed by atoms with Crippen molar-refractivity contribution in [3.05, 3.63) is 58.7 Å². The van der Waals surface area contributed by atoms with Gasteiger partial charge >= 0.3 is 0 Å². The van der Waals surface area contributed by atoms with E-state index in [0.29, 0.717) is 33.7 Å². The van der Waals surface area contributed by atoms with Gasteiger partial charge in [-0.15, -0.1) is 0 Å². The molecule has 0 bridgehead atoms. The Morgan fingerprint density at radius 3 is 2.32 bits per heavy atom. The number of anilines is 1. The third-order valence-corrected chi connectivity index (χ3v) is 4.31. The molecule has 1 N–H and O–H groups in total. The Balaban J connectivity index is 1.98. The topological polar surface area (TPSA) is 74.6 Å². The number of methoxy groups -OCH3 is 3. The molecule has 0 atom stereocenters. The zero-order valence-electron chi connectivity index (χ0n) is 15.9. The lowest BCUT2D eigenvalue weighted by molar-refractivity contribution is 0.102. The molecular formula is C20H20ClN3O4. The molecular weight excluding hydrogens is 382 g/mol. The smallest absolute Gasteiger partial charge is 0.260 e. The molecule has 0 saturated heterocycles. The van der Waals surface area contributed by atoms with Crippen LogP contribution in [0, 0.1) is 6.92 Å². The van der Waals surface area contributed by atoms with Gasteiger partial charge in [-0.05, 0) is 25.1 Å². The number of hydrogen-bond donors (Lipinski definition) is 1. The van der Waals surface area contributed by atoms with E-state index in [2.05, 4.69) is 10.4 Å². The summed E-state index contributed by atoms with van der Waals surface area (Å²) in [5.41, 5.74) is 1.78. The van der Waals surface area contributed by atoms with E-state index in [1.54, 1.807) is 35.0 Å². The molecule has 0 radical (unpaired) electrons. The second kappa shape index (κ2) is 8.22. The Labute approximate surface area is 167 Å². The maximum absolute atomic E-state index is 13.0. The molecule has 146 valence electrons. The molecule has 3 aromatic rings. The fourth-order valence-electron chi connectivity index (χ4n) is 2.78. The average molecular weight is 402 g/mol. The molecule has 1 amide bonds. The van der Waals surface area contributed by atoms with E-state index in [4.69, 9.17) is 25.8 Å². The van der Waals surface area contributed by atoms with Crippen LogP contribution in [-0.2, 0) is 0 Å². The number of nitrogens with one attached hydrogen (secondary N) is 1. The van der Waals surface area contributed by atoms with Gasteiger partial charge in [0.2, 0.25) is 0 Å². The number of rotatable bonds is 6. The van der Waals surface area contributed by atoms with E-state index in [0.717, 1.165) is 11.4 Å². The summed E-state index contributed by atoms with van der Waals surface area (Å²) in [6, 6.07) is 12.1. The second-order valence-electron chi connectivity index (χ2n) is 5.92. The Hall–Kier alpha value is -3.19. The van der Waals surface area contributed by atoms with E-state index < -0.39 is 0 Å². The van der Waals surface area contributed by atoms with Gasteiger partial charge in [-0.3, -0.25) is 4.79 Å². The van der Waals surface area contributed by atoms with Crippen molar-refractivity contribution in [3.8, 4) is 22.9 Å². The molecule has 1 aromatic heterocycles. The van der Waals surface area contributed by atoms with Gasteiger partial charge in [-0.1, -0.05) is 17.7 Å². The molecule has 0 unspecified atom stereocenters. The highest BCUT2D eigenvalue weighted by molar-refractivity contribution is 6.30. The van der Waals surface area contributed by atoms with Crippen molar-refractivity contribution < 1.29 is 19.0 Å². The number of ether oxygens (including phenoxy) is 3. The van der Waals surface area contributed by atoms with Gasteiger partial charge in [0.1, 0.15) is 11.6 Å². The van der Waals surface area contributed by atoms with Crippen molar-refractivity contribution in [3.63, 3.8) is 0 Å². The minimum atomic E-state index is -0.374. The van der Waals surface area contributed by atoms with Crippen LogP contribution in [0.1, 0.15) is 16.1 Å². The van der Waals surface area contributed by atoms with E-state index in [9.17, 15) is 4.79 Å². The van der Waals surface area contributed by atoms with E-state index in [1.807, 2.05) is 19.1 Å². The van der Waals surface area contributed by atoms with Gasteiger partial charge in [0, 0.05) is 23.2 Å². The van der Waals surface area contributed by atoms with Gasteiger partial charge in [-0.2, -0.15) is 5.10 Å². The molecule has 28 heavy (non-hydrogen) atoms. The fourth-order valence-corrected chi connectivity index (χ4v) is 2.97. The molecule has 7 nitrogen and oxygen atoms in total. The Bertz CT molecular complexity index is 1020. The molecule has 0 aliphatic rings. The summed E-state index contributed by atoms with van der Waals surface area (Å²) in [6.45, 7) is 1.84. The predicted octanol–water partition coefficient (Wildman–Crippen LogP) is 4.11. The summed E-state index contributed by atoms with van der Waals surface area (Å²) >= 11 is 6.09. The monoisotopic (exact) mass is 401 g/mol. The minimum Gasteiger partial charge on any atom is -0.496 e. The summed E-state index contributed by atoms with van der Waals surface area (Å²) < 4.78 is 17.5. The largest absolute Gasteiger partial charge is 0.496 e.